The van der Waals surface area contributed by atoms with Crippen LogP contribution in [-0.2, 0) is 16.1 Å². The zero-order valence-electron chi connectivity index (χ0n) is 16.0. The number of halogens is 6. The van der Waals surface area contributed by atoms with Crippen LogP contribution in [0.25, 0.3) is 22.2 Å². The first-order valence-electron chi connectivity index (χ1n) is 9.23. The lowest BCUT2D eigenvalue weighted by Crippen LogP contribution is -2.26. The second-order valence-corrected chi connectivity index (χ2v) is 8.27. The van der Waals surface area contributed by atoms with Crippen molar-refractivity contribution in [1.29, 1.82) is 0 Å². The maximum atomic E-state index is 14.0. The molecule has 0 fully saturated rings. The zero-order chi connectivity index (χ0) is 22.5. The number of imidazole rings is 1. The first kappa shape index (κ1) is 22.0. The molecule has 0 spiro atoms. The van der Waals surface area contributed by atoms with E-state index in [0.29, 0.717) is 36.0 Å². The summed E-state index contributed by atoms with van der Waals surface area (Å²) < 4.78 is 48.3. The molecular weight excluding hydrogens is 478 g/mol. The molecule has 1 unspecified atom stereocenters. The Morgan fingerprint density at radius 2 is 1.97 bits per heavy atom. The van der Waals surface area contributed by atoms with Crippen LogP contribution in [0.1, 0.15) is 25.0 Å². The molecule has 4 rings (SSSR count). The minimum absolute atomic E-state index is 0.135. The smallest absolute Gasteiger partial charge is 0.429 e. The van der Waals surface area contributed by atoms with E-state index in [1.165, 1.54) is 12.1 Å². The molecule has 3 aromatic rings. The van der Waals surface area contributed by atoms with Crippen LogP contribution < -0.4 is 5.32 Å². The van der Waals surface area contributed by atoms with E-state index >= 15 is 0 Å². The van der Waals surface area contributed by atoms with Crippen LogP contribution in [0, 0.1) is 0 Å². The number of anilines is 1. The third kappa shape index (κ3) is 4.04. The van der Waals surface area contributed by atoms with Crippen molar-refractivity contribution in [2.24, 2.45) is 0 Å². The van der Waals surface area contributed by atoms with Gasteiger partial charge in [0.2, 0.25) is 12.1 Å². The van der Waals surface area contributed by atoms with E-state index in [1.807, 2.05) is 0 Å². The van der Waals surface area contributed by atoms with E-state index in [-0.39, 0.29) is 32.2 Å². The number of esters is 1. The highest BCUT2D eigenvalue weighted by Crippen LogP contribution is 2.46. The lowest BCUT2D eigenvalue weighted by molar-refractivity contribution is -0.222. The molecular formula is C20H15Cl3F3N3O2. The van der Waals surface area contributed by atoms with Crippen LogP contribution in [-0.4, -0.2) is 28.2 Å². The Hall–Kier alpha value is -2.16. The highest BCUT2D eigenvalue weighted by molar-refractivity contribution is 6.40. The van der Waals surface area contributed by atoms with Gasteiger partial charge in [0.25, 0.3) is 0 Å². The molecule has 0 saturated heterocycles. The standard InChI is InChI=1S/C20H15Cl3F3N3O2/c1-9(30)31-18(20(24,25)26)13-8-12(11-4-3-10(21)7-14(11)22)15(23)16-17(13)29-6-2-5-27-19(29)28-16/h3-4,7-8,18H,2,5-6H2,1H3,(H,27,28). The number of alkyl halides is 3. The first-order chi connectivity index (χ1) is 14.6. The average Bonchev–Trinajstić information content (AvgIpc) is 3.07. The topological polar surface area (TPSA) is 56.1 Å². The molecule has 11 heteroatoms. The van der Waals surface area contributed by atoms with E-state index in [0.717, 1.165) is 6.92 Å². The number of carbonyl (C=O) groups excluding carboxylic acids is 1. The predicted molar refractivity (Wildman–Crippen MR) is 114 cm³/mol. The van der Waals surface area contributed by atoms with Crippen molar-refractivity contribution in [2.45, 2.75) is 32.2 Å². The fourth-order valence-corrected chi connectivity index (χ4v) is 4.48. The van der Waals surface area contributed by atoms with Crippen molar-refractivity contribution in [1.82, 2.24) is 9.55 Å². The summed E-state index contributed by atoms with van der Waals surface area (Å²) in [6, 6.07) is 5.83. The molecule has 2 aromatic carbocycles. The third-order valence-electron chi connectivity index (χ3n) is 4.91. The highest BCUT2D eigenvalue weighted by Gasteiger charge is 2.46. The highest BCUT2D eigenvalue weighted by atomic mass is 35.5. The molecule has 2 heterocycles. The van der Waals surface area contributed by atoms with E-state index in [4.69, 9.17) is 39.5 Å². The molecule has 1 aromatic heterocycles. The third-order valence-corrected chi connectivity index (χ3v) is 5.84. The van der Waals surface area contributed by atoms with E-state index in [2.05, 4.69) is 10.3 Å². The zero-order valence-corrected chi connectivity index (χ0v) is 18.3. The van der Waals surface area contributed by atoms with Gasteiger partial charge in [-0.2, -0.15) is 13.2 Å². The average molecular weight is 493 g/mol. The Labute approximate surface area is 190 Å². The lowest BCUT2D eigenvalue weighted by atomic mass is 9.98. The number of nitrogens with one attached hydrogen (secondary N) is 1. The number of rotatable bonds is 3. The molecule has 0 amide bonds. The van der Waals surface area contributed by atoms with Crippen molar-refractivity contribution in [2.75, 3.05) is 11.9 Å². The van der Waals surface area contributed by atoms with Crippen molar-refractivity contribution in [3.63, 3.8) is 0 Å². The molecule has 5 nitrogen and oxygen atoms in total. The van der Waals surface area contributed by atoms with Crippen molar-refractivity contribution in [3.8, 4) is 11.1 Å². The Kier molecular flexibility index (Phi) is 5.74. The van der Waals surface area contributed by atoms with Gasteiger partial charge < -0.3 is 14.6 Å². The summed E-state index contributed by atoms with van der Waals surface area (Å²) in [6.45, 7) is 1.99. The minimum atomic E-state index is -4.86. The van der Waals surface area contributed by atoms with Crippen LogP contribution >= 0.6 is 34.8 Å². The summed E-state index contributed by atoms with van der Waals surface area (Å²) in [7, 11) is 0. The summed E-state index contributed by atoms with van der Waals surface area (Å²) in [6.07, 6.45) is -6.68. The molecule has 164 valence electrons. The Bertz CT molecular complexity index is 1190. The minimum Gasteiger partial charge on any atom is -0.448 e. The summed E-state index contributed by atoms with van der Waals surface area (Å²) >= 11 is 18.9. The van der Waals surface area contributed by atoms with Gasteiger partial charge in [-0.1, -0.05) is 40.9 Å². The van der Waals surface area contributed by atoms with Gasteiger partial charge in [0.1, 0.15) is 5.52 Å². The van der Waals surface area contributed by atoms with Crippen LogP contribution in [0.4, 0.5) is 19.1 Å². The van der Waals surface area contributed by atoms with Gasteiger partial charge in [-0.15, -0.1) is 0 Å². The molecule has 1 aliphatic rings. The number of benzene rings is 2. The van der Waals surface area contributed by atoms with Crippen LogP contribution in [0.3, 0.4) is 0 Å². The summed E-state index contributed by atoms with van der Waals surface area (Å²) in [5, 5.41) is 3.77. The van der Waals surface area contributed by atoms with Gasteiger partial charge in [0, 0.05) is 46.7 Å². The Morgan fingerprint density at radius 1 is 1.23 bits per heavy atom. The summed E-state index contributed by atoms with van der Waals surface area (Å²) in [5.74, 6) is -0.666. The van der Waals surface area contributed by atoms with Gasteiger partial charge in [0.05, 0.1) is 10.5 Å². The second-order valence-electron chi connectivity index (χ2n) is 7.05. The number of aromatic nitrogens is 2. The number of fused-ring (bicyclic) bond motifs is 3. The number of aryl methyl sites for hydroxylation is 1. The first-order valence-corrected chi connectivity index (χ1v) is 10.4. The second kappa shape index (κ2) is 8.07. The molecule has 0 saturated carbocycles. The number of nitrogens with zero attached hydrogens (tertiary/aromatic N) is 2. The maximum absolute atomic E-state index is 14.0. The van der Waals surface area contributed by atoms with Crippen LogP contribution in [0.5, 0.6) is 0 Å². The van der Waals surface area contributed by atoms with E-state index in [1.54, 1.807) is 16.7 Å². The van der Waals surface area contributed by atoms with Gasteiger partial charge in [-0.05, 0) is 24.6 Å². The molecule has 0 aliphatic carbocycles. The van der Waals surface area contributed by atoms with Crippen molar-refractivity contribution in [3.05, 3.63) is 44.9 Å². The fourth-order valence-electron chi connectivity index (χ4n) is 3.68. The van der Waals surface area contributed by atoms with Crippen LogP contribution in [0.15, 0.2) is 24.3 Å². The number of carbonyl (C=O) groups is 1. The molecule has 1 aliphatic heterocycles. The van der Waals surface area contributed by atoms with Crippen LogP contribution in [0.2, 0.25) is 15.1 Å². The molecule has 0 radical (unpaired) electrons. The summed E-state index contributed by atoms with van der Waals surface area (Å²) in [5.41, 5.74) is 0.644. The van der Waals surface area contributed by atoms with E-state index < -0.39 is 18.2 Å². The number of ether oxygens (including phenoxy) is 1. The normalized spacial score (nSPS) is 14.8. The lowest BCUT2D eigenvalue weighted by Gasteiger charge is -2.24. The van der Waals surface area contributed by atoms with Crippen molar-refractivity contribution < 1.29 is 22.7 Å². The van der Waals surface area contributed by atoms with Gasteiger partial charge in [0.15, 0.2) is 0 Å². The number of hydrogen-bond donors (Lipinski definition) is 1. The molecule has 0 bridgehead atoms. The van der Waals surface area contributed by atoms with E-state index in [9.17, 15) is 18.0 Å². The van der Waals surface area contributed by atoms with Gasteiger partial charge in [-0.25, -0.2) is 4.98 Å². The molecule has 1 N–H and O–H groups in total. The SMILES string of the molecule is CC(=O)OC(c1cc(-c2ccc(Cl)cc2Cl)c(Cl)c2nc3n(c12)CCCN3)C(F)(F)F. The van der Waals surface area contributed by atoms with Gasteiger partial charge in [-0.3, -0.25) is 4.79 Å². The Morgan fingerprint density at radius 3 is 2.61 bits per heavy atom. The van der Waals surface area contributed by atoms with Crippen molar-refractivity contribution >= 4 is 57.8 Å². The summed E-state index contributed by atoms with van der Waals surface area (Å²) in [4.78, 5) is 16.0. The molecule has 1 atom stereocenters. The van der Waals surface area contributed by atoms with Gasteiger partial charge >= 0.3 is 12.1 Å². The molecule has 31 heavy (non-hydrogen) atoms. The monoisotopic (exact) mass is 491 g/mol. The fraction of sp³-hybridized carbons (Fsp3) is 0.300. The number of hydrogen-bond acceptors (Lipinski definition) is 4. The largest absolute Gasteiger partial charge is 0.448 e. The maximum Gasteiger partial charge on any atom is 0.429 e. The quantitative estimate of drug-likeness (QED) is 0.416. The Balaban J connectivity index is 2.08. The predicted octanol–water partition coefficient (Wildman–Crippen LogP) is 6.65.